The fourth-order valence-electron chi connectivity index (χ4n) is 4.08. The SMILES string of the molecule is CN1CCC(Oc2ccc(C(=O)Nc3n[nH]c4cc(OCc5ccccc5)ccc34)cc2)CC1. The van der Waals surface area contributed by atoms with Crippen LogP contribution < -0.4 is 14.8 Å². The van der Waals surface area contributed by atoms with Crippen LogP contribution in [0.5, 0.6) is 11.5 Å². The predicted molar refractivity (Wildman–Crippen MR) is 132 cm³/mol. The van der Waals surface area contributed by atoms with Gasteiger partial charge in [0.25, 0.3) is 5.91 Å². The molecule has 0 unspecified atom stereocenters. The van der Waals surface area contributed by atoms with Crippen LogP contribution in [-0.2, 0) is 6.61 Å². The highest BCUT2D eigenvalue weighted by atomic mass is 16.5. The molecule has 7 heteroatoms. The highest BCUT2D eigenvalue weighted by Crippen LogP contribution is 2.26. The Morgan fingerprint density at radius 2 is 1.76 bits per heavy atom. The summed E-state index contributed by atoms with van der Waals surface area (Å²) in [5.74, 6) is 1.79. The van der Waals surface area contributed by atoms with E-state index in [0.717, 1.165) is 53.9 Å². The summed E-state index contributed by atoms with van der Waals surface area (Å²) in [6, 6.07) is 22.9. The smallest absolute Gasteiger partial charge is 0.256 e. The van der Waals surface area contributed by atoms with Crippen molar-refractivity contribution in [2.45, 2.75) is 25.6 Å². The van der Waals surface area contributed by atoms with Crippen molar-refractivity contribution in [1.82, 2.24) is 15.1 Å². The number of H-pyrrole nitrogens is 1. The van der Waals surface area contributed by atoms with Crippen LogP contribution in [-0.4, -0.2) is 47.2 Å². The Hall–Kier alpha value is -3.84. The Labute approximate surface area is 198 Å². The van der Waals surface area contributed by atoms with Gasteiger partial charge in [0, 0.05) is 30.1 Å². The molecular weight excluding hydrogens is 428 g/mol. The number of nitrogens with one attached hydrogen (secondary N) is 2. The molecule has 0 spiro atoms. The first kappa shape index (κ1) is 22.0. The van der Waals surface area contributed by atoms with E-state index >= 15 is 0 Å². The maximum Gasteiger partial charge on any atom is 0.256 e. The molecule has 2 N–H and O–H groups in total. The first-order valence-corrected chi connectivity index (χ1v) is 11.6. The number of hydrogen-bond donors (Lipinski definition) is 2. The lowest BCUT2D eigenvalue weighted by atomic mass is 10.1. The Morgan fingerprint density at radius 3 is 2.53 bits per heavy atom. The molecule has 34 heavy (non-hydrogen) atoms. The summed E-state index contributed by atoms with van der Waals surface area (Å²) in [5.41, 5.74) is 2.44. The van der Waals surface area contributed by atoms with Crippen molar-refractivity contribution in [3.8, 4) is 11.5 Å². The second-order valence-electron chi connectivity index (χ2n) is 8.65. The van der Waals surface area contributed by atoms with Crippen molar-refractivity contribution in [2.24, 2.45) is 0 Å². The fraction of sp³-hybridized carbons (Fsp3) is 0.259. The lowest BCUT2D eigenvalue weighted by molar-refractivity contribution is 0.102. The van der Waals surface area contributed by atoms with Gasteiger partial charge in [0.1, 0.15) is 24.2 Å². The molecule has 3 aromatic carbocycles. The molecule has 0 saturated carbocycles. The van der Waals surface area contributed by atoms with Crippen molar-refractivity contribution in [3.63, 3.8) is 0 Å². The van der Waals surface area contributed by atoms with Crippen LogP contribution in [0, 0.1) is 0 Å². The topological polar surface area (TPSA) is 79.5 Å². The van der Waals surface area contributed by atoms with Gasteiger partial charge in [-0.3, -0.25) is 9.89 Å². The fourth-order valence-corrected chi connectivity index (χ4v) is 4.08. The van der Waals surface area contributed by atoms with Gasteiger partial charge in [0.15, 0.2) is 5.82 Å². The van der Waals surface area contributed by atoms with E-state index in [1.807, 2.05) is 60.7 Å². The summed E-state index contributed by atoms with van der Waals surface area (Å²) in [4.78, 5) is 15.1. The molecule has 1 amide bonds. The number of piperidine rings is 1. The summed E-state index contributed by atoms with van der Waals surface area (Å²) in [6.45, 7) is 2.58. The summed E-state index contributed by atoms with van der Waals surface area (Å²) in [5, 5.41) is 11.0. The first-order chi connectivity index (χ1) is 16.6. The second-order valence-corrected chi connectivity index (χ2v) is 8.65. The number of carbonyl (C=O) groups is 1. The summed E-state index contributed by atoms with van der Waals surface area (Å²) >= 11 is 0. The molecule has 174 valence electrons. The molecule has 2 heterocycles. The van der Waals surface area contributed by atoms with E-state index in [0.29, 0.717) is 18.0 Å². The number of aromatic nitrogens is 2. The molecule has 4 aromatic rings. The monoisotopic (exact) mass is 456 g/mol. The van der Waals surface area contributed by atoms with Crippen molar-refractivity contribution in [2.75, 3.05) is 25.5 Å². The summed E-state index contributed by atoms with van der Waals surface area (Å²) < 4.78 is 12.0. The zero-order valence-electron chi connectivity index (χ0n) is 19.2. The zero-order valence-corrected chi connectivity index (χ0v) is 19.2. The lowest BCUT2D eigenvalue weighted by Gasteiger charge is -2.29. The average Bonchev–Trinajstić information content (AvgIpc) is 3.27. The molecule has 1 saturated heterocycles. The Morgan fingerprint density at radius 1 is 1.03 bits per heavy atom. The highest BCUT2D eigenvalue weighted by molar-refractivity contribution is 6.08. The second kappa shape index (κ2) is 9.97. The predicted octanol–water partition coefficient (Wildman–Crippen LogP) is 4.87. The van der Waals surface area contributed by atoms with Crippen molar-refractivity contribution >= 4 is 22.6 Å². The molecule has 7 nitrogen and oxygen atoms in total. The summed E-state index contributed by atoms with van der Waals surface area (Å²) in [7, 11) is 2.13. The first-order valence-electron chi connectivity index (χ1n) is 11.6. The van der Waals surface area contributed by atoms with Gasteiger partial charge in [-0.25, -0.2) is 0 Å². The number of amides is 1. The number of carbonyl (C=O) groups excluding carboxylic acids is 1. The molecule has 0 atom stereocenters. The van der Waals surface area contributed by atoms with Crippen LogP contribution in [0.1, 0.15) is 28.8 Å². The highest BCUT2D eigenvalue weighted by Gasteiger charge is 2.18. The van der Waals surface area contributed by atoms with Crippen LogP contribution in [0.2, 0.25) is 0 Å². The maximum absolute atomic E-state index is 12.8. The largest absolute Gasteiger partial charge is 0.490 e. The van der Waals surface area contributed by atoms with Crippen LogP contribution in [0.15, 0.2) is 72.8 Å². The van der Waals surface area contributed by atoms with E-state index in [1.54, 1.807) is 12.1 Å². The van der Waals surface area contributed by atoms with Crippen LogP contribution in [0.4, 0.5) is 5.82 Å². The van der Waals surface area contributed by atoms with Gasteiger partial charge in [-0.05, 0) is 61.9 Å². The van der Waals surface area contributed by atoms with E-state index in [-0.39, 0.29) is 12.0 Å². The van der Waals surface area contributed by atoms with E-state index in [1.165, 1.54) is 0 Å². The van der Waals surface area contributed by atoms with Crippen LogP contribution in [0.25, 0.3) is 10.9 Å². The average molecular weight is 457 g/mol. The third kappa shape index (κ3) is 5.21. The number of ether oxygens (including phenoxy) is 2. The Bertz CT molecular complexity index is 1250. The molecule has 0 radical (unpaired) electrons. The molecule has 0 bridgehead atoms. The number of likely N-dealkylation sites (tertiary alicyclic amines) is 1. The normalized spacial score (nSPS) is 14.7. The van der Waals surface area contributed by atoms with Gasteiger partial charge < -0.3 is 19.7 Å². The minimum absolute atomic E-state index is 0.219. The van der Waals surface area contributed by atoms with Gasteiger partial charge in [0.05, 0.1) is 5.52 Å². The minimum atomic E-state index is -0.219. The zero-order chi connectivity index (χ0) is 23.3. The molecule has 1 aliphatic heterocycles. The van der Waals surface area contributed by atoms with Gasteiger partial charge in [0.2, 0.25) is 0 Å². The third-order valence-electron chi connectivity index (χ3n) is 6.10. The van der Waals surface area contributed by atoms with E-state index in [2.05, 4.69) is 27.5 Å². The molecule has 5 rings (SSSR count). The Kier molecular flexibility index (Phi) is 6.44. The third-order valence-corrected chi connectivity index (χ3v) is 6.10. The minimum Gasteiger partial charge on any atom is -0.490 e. The van der Waals surface area contributed by atoms with Crippen LogP contribution in [0.3, 0.4) is 0 Å². The molecule has 0 aliphatic carbocycles. The number of aromatic amines is 1. The standard InChI is InChI=1S/C27H28N4O3/c1-31-15-13-22(14-16-31)34-21-9-7-20(8-10-21)27(32)28-26-24-12-11-23(17-25(24)29-30-26)33-18-19-5-3-2-4-6-19/h2-12,17,22H,13-16,18H2,1H3,(H2,28,29,30,32). The number of benzene rings is 3. The number of nitrogens with zero attached hydrogens (tertiary/aromatic N) is 2. The van der Waals surface area contributed by atoms with Crippen molar-refractivity contribution in [1.29, 1.82) is 0 Å². The Balaban J connectivity index is 1.20. The van der Waals surface area contributed by atoms with E-state index in [9.17, 15) is 4.79 Å². The molecule has 1 fully saturated rings. The molecule has 1 aliphatic rings. The van der Waals surface area contributed by atoms with Crippen LogP contribution >= 0.6 is 0 Å². The molecule has 1 aromatic heterocycles. The summed E-state index contributed by atoms with van der Waals surface area (Å²) in [6.07, 6.45) is 2.27. The van der Waals surface area contributed by atoms with E-state index < -0.39 is 0 Å². The number of rotatable bonds is 7. The van der Waals surface area contributed by atoms with E-state index in [4.69, 9.17) is 9.47 Å². The lowest BCUT2D eigenvalue weighted by Crippen LogP contribution is -2.35. The van der Waals surface area contributed by atoms with Gasteiger partial charge in [-0.1, -0.05) is 30.3 Å². The number of hydrogen-bond acceptors (Lipinski definition) is 5. The maximum atomic E-state index is 12.8. The quantitative estimate of drug-likeness (QED) is 0.415. The van der Waals surface area contributed by atoms with Crippen molar-refractivity contribution in [3.05, 3.63) is 83.9 Å². The van der Waals surface area contributed by atoms with Gasteiger partial charge in [-0.15, -0.1) is 0 Å². The van der Waals surface area contributed by atoms with Gasteiger partial charge >= 0.3 is 0 Å². The number of fused-ring (bicyclic) bond motifs is 1. The molecular formula is C27H28N4O3. The van der Waals surface area contributed by atoms with Gasteiger partial charge in [-0.2, -0.15) is 5.10 Å². The van der Waals surface area contributed by atoms with Crippen molar-refractivity contribution < 1.29 is 14.3 Å². The number of anilines is 1.